The molecule has 42 heavy (non-hydrogen) atoms. The third kappa shape index (κ3) is 8.23. The molecular formula is C31H39ClN6O4. The Labute approximate surface area is 252 Å². The van der Waals surface area contributed by atoms with E-state index >= 15 is 0 Å². The van der Waals surface area contributed by atoms with Gasteiger partial charge in [0.05, 0.1) is 40.2 Å². The van der Waals surface area contributed by atoms with Crippen LogP contribution in [-0.4, -0.2) is 75.4 Å². The van der Waals surface area contributed by atoms with E-state index in [-0.39, 0.29) is 18.1 Å². The Morgan fingerprint density at radius 1 is 1.24 bits per heavy atom. The van der Waals surface area contributed by atoms with Gasteiger partial charge in [0, 0.05) is 42.9 Å². The van der Waals surface area contributed by atoms with Crippen LogP contribution in [0.1, 0.15) is 38.2 Å². The lowest BCUT2D eigenvalue weighted by Crippen LogP contribution is -2.44. The van der Waals surface area contributed by atoms with E-state index in [1.54, 1.807) is 25.3 Å². The molecule has 0 bridgehead atoms. The van der Waals surface area contributed by atoms with Crippen LogP contribution in [0.2, 0.25) is 5.02 Å². The summed E-state index contributed by atoms with van der Waals surface area (Å²) in [5.74, 6) is 0.979. The van der Waals surface area contributed by atoms with Crippen molar-refractivity contribution >= 4 is 45.5 Å². The second kappa shape index (κ2) is 15.0. The van der Waals surface area contributed by atoms with Crippen molar-refractivity contribution < 1.29 is 19.0 Å². The fraction of sp³-hybridized carbons (Fsp3) is 0.452. The maximum atomic E-state index is 12.7. The fourth-order valence-electron chi connectivity index (χ4n) is 4.92. The molecule has 2 heterocycles. The third-order valence-corrected chi connectivity index (χ3v) is 7.39. The summed E-state index contributed by atoms with van der Waals surface area (Å²) in [5.41, 5.74) is 2.71. The van der Waals surface area contributed by atoms with Gasteiger partial charge in [-0.1, -0.05) is 11.6 Å². The van der Waals surface area contributed by atoms with Gasteiger partial charge in [0.25, 0.3) is 0 Å². The molecule has 0 aliphatic carbocycles. The molecule has 11 heteroatoms. The van der Waals surface area contributed by atoms with Gasteiger partial charge >= 0.3 is 0 Å². The van der Waals surface area contributed by atoms with Crippen LogP contribution in [0.3, 0.4) is 0 Å². The van der Waals surface area contributed by atoms with E-state index in [1.807, 2.05) is 38.1 Å². The van der Waals surface area contributed by atoms with E-state index < -0.39 is 0 Å². The molecule has 3 aromatic rings. The zero-order valence-electron chi connectivity index (χ0n) is 24.6. The van der Waals surface area contributed by atoms with Crippen molar-refractivity contribution in [1.29, 1.82) is 5.26 Å². The quantitative estimate of drug-likeness (QED) is 0.241. The minimum absolute atomic E-state index is 0.111. The van der Waals surface area contributed by atoms with Gasteiger partial charge in [-0.05, 0) is 77.6 Å². The molecule has 1 saturated heterocycles. The predicted molar refractivity (Wildman–Crippen MR) is 166 cm³/mol. The normalized spacial score (nSPS) is 16.7. The Morgan fingerprint density at radius 2 is 2.07 bits per heavy atom. The van der Waals surface area contributed by atoms with Gasteiger partial charge in [-0.15, -0.1) is 0 Å². The highest BCUT2D eigenvalue weighted by molar-refractivity contribution is 6.32. The molecule has 1 aliphatic heterocycles. The number of aromatic nitrogens is 1. The van der Waals surface area contributed by atoms with Crippen LogP contribution in [0.25, 0.3) is 10.9 Å². The molecule has 224 valence electrons. The number of anilines is 3. The molecule has 1 fully saturated rings. The number of pyridine rings is 1. The van der Waals surface area contributed by atoms with E-state index in [2.05, 4.69) is 27.0 Å². The maximum absolute atomic E-state index is 12.7. The van der Waals surface area contributed by atoms with Gasteiger partial charge in [0.1, 0.15) is 24.2 Å². The molecule has 4 rings (SSSR count). The molecular weight excluding hydrogens is 556 g/mol. The molecule has 1 aromatic heterocycles. The Kier molecular flexibility index (Phi) is 11.2. The number of methoxy groups -OCH3 is 1. The standard InChI is InChI=1S/C31H39ClN6O4/c1-5-41-29-16-26-24(15-27(29)37-30(39)7-6-12-38(2)3)31(20(17-33)18-35-26)36-21-8-9-28(25(32)14-21)42-19-22-13-23(40-4)10-11-34-22/h8-9,14-16,18,22-23,34H,5-7,10-13,19H2,1-4H3,(H,35,36)(H,37,39). The van der Waals surface area contributed by atoms with Gasteiger partial charge < -0.3 is 35.1 Å². The van der Waals surface area contributed by atoms with Crippen LogP contribution >= 0.6 is 11.6 Å². The average Bonchev–Trinajstić information content (AvgIpc) is 2.97. The predicted octanol–water partition coefficient (Wildman–Crippen LogP) is 5.33. The number of carbonyl (C=O) groups excluding carboxylic acids is 1. The molecule has 0 radical (unpaired) electrons. The summed E-state index contributed by atoms with van der Waals surface area (Å²) in [7, 11) is 5.69. The summed E-state index contributed by atoms with van der Waals surface area (Å²) < 4.78 is 17.3. The van der Waals surface area contributed by atoms with Gasteiger partial charge in [-0.25, -0.2) is 0 Å². The minimum Gasteiger partial charge on any atom is -0.492 e. The first-order chi connectivity index (χ1) is 20.3. The zero-order chi connectivity index (χ0) is 30.1. The van der Waals surface area contributed by atoms with Crippen molar-refractivity contribution in [3.05, 3.63) is 47.1 Å². The molecule has 1 amide bonds. The first-order valence-electron chi connectivity index (χ1n) is 14.2. The number of benzene rings is 2. The molecule has 2 atom stereocenters. The number of fused-ring (bicyclic) bond motifs is 1. The van der Waals surface area contributed by atoms with Crippen molar-refractivity contribution in [1.82, 2.24) is 15.2 Å². The third-order valence-electron chi connectivity index (χ3n) is 7.09. The summed E-state index contributed by atoms with van der Waals surface area (Å²) in [5, 5.41) is 20.8. The Bertz CT molecular complexity index is 1430. The number of hydrogen-bond donors (Lipinski definition) is 3. The lowest BCUT2D eigenvalue weighted by Gasteiger charge is -2.29. The van der Waals surface area contributed by atoms with Gasteiger partial charge in [-0.3, -0.25) is 9.78 Å². The van der Waals surface area contributed by atoms with Crippen molar-refractivity contribution in [3.8, 4) is 17.6 Å². The molecule has 1 aliphatic rings. The van der Waals surface area contributed by atoms with Crippen LogP contribution in [0.5, 0.6) is 11.5 Å². The van der Waals surface area contributed by atoms with E-state index in [4.69, 9.17) is 25.8 Å². The zero-order valence-corrected chi connectivity index (χ0v) is 25.4. The number of halogens is 1. The Hall–Kier alpha value is -3.62. The van der Waals surface area contributed by atoms with Crippen molar-refractivity contribution in [2.75, 3.05) is 58.1 Å². The van der Waals surface area contributed by atoms with Crippen LogP contribution < -0.4 is 25.4 Å². The SMILES string of the molecule is CCOc1cc2ncc(C#N)c(Nc3ccc(OCC4CC(OC)CCN4)c(Cl)c3)c2cc1NC(=O)CCCN(C)C. The van der Waals surface area contributed by atoms with E-state index in [1.165, 1.54) is 6.20 Å². The number of piperidine rings is 1. The number of rotatable bonds is 13. The number of nitrogens with one attached hydrogen (secondary N) is 3. The topological polar surface area (TPSA) is 121 Å². The van der Waals surface area contributed by atoms with Crippen LogP contribution in [-0.2, 0) is 9.53 Å². The monoisotopic (exact) mass is 594 g/mol. The van der Waals surface area contributed by atoms with E-state index in [9.17, 15) is 10.1 Å². The minimum atomic E-state index is -0.111. The first kappa shape index (κ1) is 31.3. The average molecular weight is 595 g/mol. The van der Waals surface area contributed by atoms with Crippen LogP contribution in [0.4, 0.5) is 17.1 Å². The van der Waals surface area contributed by atoms with Crippen LogP contribution in [0, 0.1) is 11.3 Å². The van der Waals surface area contributed by atoms with E-state index in [0.29, 0.717) is 69.7 Å². The van der Waals surface area contributed by atoms with Gasteiger partial charge in [0.2, 0.25) is 5.91 Å². The number of nitrogens with zero attached hydrogens (tertiary/aromatic N) is 3. The summed E-state index contributed by atoms with van der Waals surface area (Å²) in [6, 6.07) is 11.4. The number of carbonyl (C=O) groups is 1. The van der Waals surface area contributed by atoms with Crippen molar-refractivity contribution in [3.63, 3.8) is 0 Å². The second-order valence-electron chi connectivity index (χ2n) is 10.5. The Balaban J connectivity index is 1.56. The lowest BCUT2D eigenvalue weighted by atomic mass is 10.0. The highest BCUT2D eigenvalue weighted by atomic mass is 35.5. The molecule has 10 nitrogen and oxygen atoms in total. The van der Waals surface area contributed by atoms with E-state index in [0.717, 1.165) is 32.4 Å². The Morgan fingerprint density at radius 3 is 2.79 bits per heavy atom. The highest BCUT2D eigenvalue weighted by Gasteiger charge is 2.22. The molecule has 3 N–H and O–H groups in total. The van der Waals surface area contributed by atoms with Crippen LogP contribution in [0.15, 0.2) is 36.5 Å². The molecule has 0 spiro atoms. The largest absolute Gasteiger partial charge is 0.492 e. The number of ether oxygens (including phenoxy) is 3. The van der Waals surface area contributed by atoms with Crippen molar-refractivity contribution in [2.45, 2.75) is 44.8 Å². The summed E-state index contributed by atoms with van der Waals surface area (Å²) in [4.78, 5) is 19.3. The lowest BCUT2D eigenvalue weighted by molar-refractivity contribution is -0.116. The fourth-order valence-corrected chi connectivity index (χ4v) is 5.15. The molecule has 0 saturated carbocycles. The number of hydrogen-bond acceptors (Lipinski definition) is 9. The molecule has 2 unspecified atom stereocenters. The number of amides is 1. The first-order valence-corrected chi connectivity index (χ1v) is 14.6. The molecule has 2 aromatic carbocycles. The number of nitriles is 1. The summed E-state index contributed by atoms with van der Waals surface area (Å²) in [6.07, 6.45) is 4.72. The highest BCUT2D eigenvalue weighted by Crippen LogP contribution is 2.37. The summed E-state index contributed by atoms with van der Waals surface area (Å²) >= 11 is 6.61. The van der Waals surface area contributed by atoms with Gasteiger partial charge in [0.15, 0.2) is 0 Å². The summed E-state index contributed by atoms with van der Waals surface area (Å²) in [6.45, 7) is 4.48. The second-order valence-corrected chi connectivity index (χ2v) is 10.9. The maximum Gasteiger partial charge on any atom is 0.224 e. The van der Waals surface area contributed by atoms with Gasteiger partial charge in [-0.2, -0.15) is 5.26 Å². The smallest absolute Gasteiger partial charge is 0.224 e. The van der Waals surface area contributed by atoms with Crippen molar-refractivity contribution in [2.24, 2.45) is 0 Å².